The van der Waals surface area contributed by atoms with Gasteiger partial charge in [-0.05, 0) is 43.9 Å². The number of nitrogens with zero attached hydrogens (tertiary/aromatic N) is 5. The Labute approximate surface area is 217 Å². The molecule has 5 amide bonds. The second kappa shape index (κ2) is 9.25. The standard InChI is InChI=1S/C25H29N7O4S/c1-14(2)19(28-20(33)21-27-15(3)13-37-21)22(34)31-9-7-25(8-10-31)23(35)30(4)24(36)32(25)17-5-6-18-16(11-17)12-26-29-18/h5-6,11-14,19H,7-10H2,1-4H3,(H,26,29)(H,28,33)/t19-/m1/s1. The van der Waals surface area contributed by atoms with Gasteiger partial charge in [0.2, 0.25) is 5.91 Å². The van der Waals surface area contributed by atoms with Gasteiger partial charge in [-0.1, -0.05) is 13.8 Å². The number of aromatic nitrogens is 3. The van der Waals surface area contributed by atoms with Crippen LogP contribution in [0.2, 0.25) is 0 Å². The van der Waals surface area contributed by atoms with E-state index in [1.807, 2.05) is 32.9 Å². The van der Waals surface area contributed by atoms with Gasteiger partial charge >= 0.3 is 6.03 Å². The number of aryl methyl sites for hydroxylation is 1. The Morgan fingerprint density at radius 3 is 2.57 bits per heavy atom. The summed E-state index contributed by atoms with van der Waals surface area (Å²) < 4.78 is 0. The number of rotatable bonds is 5. The Bertz CT molecular complexity index is 1390. The van der Waals surface area contributed by atoms with E-state index in [1.165, 1.54) is 18.4 Å². The number of benzene rings is 1. The van der Waals surface area contributed by atoms with E-state index in [1.54, 1.807) is 27.4 Å². The zero-order valence-corrected chi connectivity index (χ0v) is 22.0. The lowest BCUT2D eigenvalue weighted by molar-refractivity contribution is -0.139. The van der Waals surface area contributed by atoms with Gasteiger partial charge in [0.15, 0.2) is 5.01 Å². The third kappa shape index (κ3) is 4.14. The molecule has 3 aromatic rings. The molecule has 1 spiro atoms. The van der Waals surface area contributed by atoms with Crippen LogP contribution in [0.15, 0.2) is 29.8 Å². The van der Waals surface area contributed by atoms with Crippen LogP contribution in [0.1, 0.15) is 42.2 Å². The van der Waals surface area contributed by atoms with Crippen LogP contribution in [0, 0.1) is 12.8 Å². The van der Waals surface area contributed by atoms with Crippen molar-refractivity contribution in [3.8, 4) is 0 Å². The van der Waals surface area contributed by atoms with Gasteiger partial charge in [0.05, 0.1) is 11.7 Å². The van der Waals surface area contributed by atoms with E-state index in [9.17, 15) is 19.2 Å². The smallest absolute Gasteiger partial charge is 0.331 e. The Morgan fingerprint density at radius 2 is 1.92 bits per heavy atom. The predicted octanol–water partition coefficient (Wildman–Crippen LogP) is 2.54. The highest BCUT2D eigenvalue weighted by atomic mass is 32.1. The number of carbonyl (C=O) groups is 4. The fourth-order valence-corrected chi connectivity index (χ4v) is 5.86. The number of thiazole rings is 1. The highest BCUT2D eigenvalue weighted by Gasteiger charge is 2.58. The number of anilines is 1. The summed E-state index contributed by atoms with van der Waals surface area (Å²) in [6, 6.07) is 4.36. The molecule has 4 heterocycles. The molecule has 0 radical (unpaired) electrons. The van der Waals surface area contributed by atoms with Crippen LogP contribution in [-0.4, -0.2) is 80.5 Å². The number of carbonyl (C=O) groups excluding carboxylic acids is 4. The van der Waals surface area contributed by atoms with Crippen LogP contribution < -0.4 is 10.2 Å². The summed E-state index contributed by atoms with van der Waals surface area (Å²) in [5, 5.41) is 12.7. The molecule has 2 saturated heterocycles. The van der Waals surface area contributed by atoms with E-state index in [0.29, 0.717) is 23.5 Å². The third-order valence-corrected chi connectivity index (χ3v) is 8.18. The first-order chi connectivity index (χ1) is 17.6. The van der Waals surface area contributed by atoms with Crippen molar-refractivity contribution < 1.29 is 19.2 Å². The number of hydrogen-bond donors (Lipinski definition) is 2. The average molecular weight is 524 g/mol. The summed E-state index contributed by atoms with van der Waals surface area (Å²) in [5.41, 5.74) is 1.12. The molecular weight excluding hydrogens is 494 g/mol. The number of likely N-dealkylation sites (tertiary alicyclic amines) is 1. The lowest BCUT2D eigenvalue weighted by Crippen LogP contribution is -2.60. The summed E-state index contributed by atoms with van der Waals surface area (Å²) in [5.74, 6) is -1.00. The van der Waals surface area contributed by atoms with Gasteiger partial charge in [0.25, 0.3) is 11.8 Å². The number of amides is 5. The van der Waals surface area contributed by atoms with E-state index in [-0.39, 0.29) is 36.7 Å². The molecule has 2 fully saturated rings. The summed E-state index contributed by atoms with van der Waals surface area (Å²) in [6.45, 7) is 6.13. The normalized spacial score (nSPS) is 18.4. The van der Waals surface area contributed by atoms with E-state index < -0.39 is 17.6 Å². The second-order valence-corrected chi connectivity index (χ2v) is 10.8. The topological polar surface area (TPSA) is 132 Å². The molecule has 2 aliphatic heterocycles. The molecule has 0 unspecified atom stereocenters. The van der Waals surface area contributed by atoms with Gasteiger partial charge in [-0.25, -0.2) is 9.78 Å². The molecule has 1 atom stereocenters. The number of imide groups is 1. The number of aromatic amines is 1. The molecule has 2 N–H and O–H groups in total. The zero-order chi connectivity index (χ0) is 26.5. The van der Waals surface area contributed by atoms with Crippen LogP contribution in [-0.2, 0) is 9.59 Å². The number of H-pyrrole nitrogens is 1. The van der Waals surface area contributed by atoms with Crippen LogP contribution in [0.25, 0.3) is 10.9 Å². The number of likely N-dealkylation sites (N-methyl/N-ethyl adjacent to an activating group) is 1. The van der Waals surface area contributed by atoms with E-state index in [4.69, 9.17) is 0 Å². The molecule has 5 rings (SSSR count). The summed E-state index contributed by atoms with van der Waals surface area (Å²) in [7, 11) is 1.49. The fourth-order valence-electron chi connectivity index (χ4n) is 5.16. The average Bonchev–Trinajstić information content (AvgIpc) is 3.58. The minimum atomic E-state index is -1.07. The first kappa shape index (κ1) is 24.9. The zero-order valence-electron chi connectivity index (χ0n) is 21.1. The molecule has 37 heavy (non-hydrogen) atoms. The second-order valence-electron chi connectivity index (χ2n) is 9.97. The fraction of sp³-hybridized carbons (Fsp3) is 0.440. The Morgan fingerprint density at radius 1 is 1.19 bits per heavy atom. The van der Waals surface area contributed by atoms with Crippen molar-refractivity contribution in [3.63, 3.8) is 0 Å². The quantitative estimate of drug-likeness (QED) is 0.494. The molecule has 0 saturated carbocycles. The lowest BCUT2D eigenvalue weighted by atomic mass is 9.85. The molecule has 12 heteroatoms. The van der Waals surface area contributed by atoms with Gasteiger partial charge < -0.3 is 10.2 Å². The van der Waals surface area contributed by atoms with Gasteiger partial charge in [-0.2, -0.15) is 5.10 Å². The molecule has 11 nitrogen and oxygen atoms in total. The predicted molar refractivity (Wildman–Crippen MR) is 138 cm³/mol. The van der Waals surface area contributed by atoms with Crippen LogP contribution in [0.4, 0.5) is 10.5 Å². The largest absolute Gasteiger partial charge is 0.341 e. The van der Waals surface area contributed by atoms with Crippen LogP contribution in [0.5, 0.6) is 0 Å². The van der Waals surface area contributed by atoms with E-state index >= 15 is 0 Å². The molecule has 194 valence electrons. The number of urea groups is 1. The summed E-state index contributed by atoms with van der Waals surface area (Å²) >= 11 is 1.24. The van der Waals surface area contributed by atoms with Gasteiger partial charge in [0, 0.05) is 42.3 Å². The number of nitrogens with one attached hydrogen (secondary N) is 2. The first-order valence-corrected chi connectivity index (χ1v) is 13.1. The van der Waals surface area contributed by atoms with Crippen molar-refractivity contribution in [2.75, 3.05) is 25.0 Å². The Balaban J connectivity index is 1.36. The van der Waals surface area contributed by atoms with Gasteiger partial charge in [0.1, 0.15) is 11.6 Å². The van der Waals surface area contributed by atoms with Crippen LogP contribution in [0.3, 0.4) is 0 Å². The van der Waals surface area contributed by atoms with Crippen molar-refractivity contribution in [1.82, 2.24) is 30.3 Å². The Kier molecular flexibility index (Phi) is 6.22. The maximum absolute atomic E-state index is 13.5. The number of hydrogen-bond acceptors (Lipinski definition) is 7. The Hall–Kier alpha value is -3.80. The molecule has 1 aromatic carbocycles. The van der Waals surface area contributed by atoms with Crippen molar-refractivity contribution in [2.45, 2.75) is 45.2 Å². The molecule has 0 aliphatic carbocycles. The van der Waals surface area contributed by atoms with Gasteiger partial charge in [-0.3, -0.25) is 29.3 Å². The minimum absolute atomic E-state index is 0.146. The first-order valence-electron chi connectivity index (χ1n) is 12.2. The molecule has 0 bridgehead atoms. The molecule has 2 aromatic heterocycles. The lowest BCUT2D eigenvalue weighted by Gasteiger charge is -2.43. The minimum Gasteiger partial charge on any atom is -0.341 e. The highest BCUT2D eigenvalue weighted by Crippen LogP contribution is 2.41. The van der Waals surface area contributed by atoms with E-state index in [2.05, 4.69) is 20.5 Å². The number of fused-ring (bicyclic) bond motifs is 1. The molecule has 2 aliphatic rings. The van der Waals surface area contributed by atoms with Crippen molar-refractivity contribution in [3.05, 3.63) is 40.5 Å². The van der Waals surface area contributed by atoms with Crippen LogP contribution >= 0.6 is 11.3 Å². The number of piperidine rings is 1. The summed E-state index contributed by atoms with van der Waals surface area (Å²) in [4.78, 5) is 61.4. The summed E-state index contributed by atoms with van der Waals surface area (Å²) in [6.07, 6.45) is 2.26. The SMILES string of the molecule is Cc1csc(C(=O)N[C@@H](C(=O)N2CCC3(CC2)C(=O)N(C)C(=O)N3c2ccc3[nH]ncc3c2)C(C)C)n1. The highest BCUT2D eigenvalue weighted by molar-refractivity contribution is 7.11. The van der Waals surface area contributed by atoms with Gasteiger partial charge in [-0.15, -0.1) is 11.3 Å². The maximum Gasteiger partial charge on any atom is 0.331 e. The molecular formula is C25H29N7O4S. The van der Waals surface area contributed by atoms with Crippen molar-refractivity contribution >= 4 is 51.7 Å². The maximum atomic E-state index is 13.5. The third-order valence-electron chi connectivity index (χ3n) is 7.23. The van der Waals surface area contributed by atoms with Crippen molar-refractivity contribution in [1.29, 1.82) is 0 Å². The van der Waals surface area contributed by atoms with E-state index in [0.717, 1.165) is 21.5 Å². The monoisotopic (exact) mass is 523 g/mol. The van der Waals surface area contributed by atoms with Crippen molar-refractivity contribution in [2.24, 2.45) is 5.92 Å².